The van der Waals surface area contributed by atoms with E-state index in [1.165, 1.54) is 16.7 Å². The van der Waals surface area contributed by atoms with Crippen LogP contribution in [0.2, 0.25) is 0 Å². The highest BCUT2D eigenvalue weighted by molar-refractivity contribution is 8.16. The maximum Gasteiger partial charge on any atom is 0.657 e. The first-order valence-electron chi connectivity index (χ1n) is 15.5. The van der Waals surface area contributed by atoms with E-state index in [1.54, 1.807) is 36.4 Å². The Bertz CT molecular complexity index is 1670. The zero-order valence-electron chi connectivity index (χ0n) is 25.6. The third kappa shape index (κ3) is 5.89. The maximum absolute atomic E-state index is 15.9. The molecule has 6 rings (SSSR count). The molecule has 0 aliphatic rings. The first kappa shape index (κ1) is 31.4. The monoisotopic (exact) mass is 624 g/mol. The van der Waals surface area contributed by atoms with Crippen molar-refractivity contribution in [1.29, 1.82) is 0 Å². The van der Waals surface area contributed by atoms with Gasteiger partial charge >= 0.3 is 7.32 Å². The molecule has 0 bridgehead atoms. The molecule has 46 heavy (non-hydrogen) atoms. The Kier molecular flexibility index (Phi) is 9.43. The fourth-order valence-corrected chi connectivity index (χ4v) is 9.86. The topological polar surface area (TPSA) is 55.8 Å². The van der Waals surface area contributed by atoms with E-state index in [9.17, 15) is 5.02 Å². The molecule has 0 atom stereocenters. The molecule has 0 saturated heterocycles. The average molecular weight is 625 g/mol. The van der Waals surface area contributed by atoms with E-state index in [0.29, 0.717) is 27.5 Å². The van der Waals surface area contributed by atoms with Gasteiger partial charge in [0, 0.05) is 12.0 Å². The van der Waals surface area contributed by atoms with Crippen molar-refractivity contribution < 1.29 is 18.0 Å². The highest BCUT2D eigenvalue weighted by Gasteiger charge is 2.43. The van der Waals surface area contributed by atoms with E-state index in [-0.39, 0.29) is 6.61 Å². The van der Waals surface area contributed by atoms with Crippen LogP contribution in [0.25, 0.3) is 0 Å². The van der Waals surface area contributed by atoms with Crippen molar-refractivity contribution in [3.05, 3.63) is 199 Å². The van der Waals surface area contributed by atoms with E-state index in [4.69, 9.17) is 8.75 Å². The third-order valence-electron chi connectivity index (χ3n) is 8.54. The standard InChI is InChI=1S/C40H37BO4S/c42-41(45-46(43,37-26-13-4-14-27-37,38-28-15-5-16-29-38)39-30-17-6-18-31-39)44-33-19-32-40(34-20-7-1-8-21-34,35-22-9-2-10-23-35)36-24-11-3-12-25-36/h1-18,20-31,42H,19,32-33H2. The van der Waals surface area contributed by atoms with Gasteiger partial charge in [0.05, 0.1) is 14.7 Å². The minimum atomic E-state index is -4.54. The highest BCUT2D eigenvalue weighted by atomic mass is 32.3. The molecule has 4 nitrogen and oxygen atoms in total. The Hall–Kier alpha value is -4.59. The summed E-state index contributed by atoms with van der Waals surface area (Å²) in [6.45, 7) is 0.177. The summed E-state index contributed by atoms with van der Waals surface area (Å²) in [6, 6.07) is 58.6. The van der Waals surface area contributed by atoms with Gasteiger partial charge < -0.3 is 9.68 Å². The van der Waals surface area contributed by atoms with Gasteiger partial charge in [0.25, 0.3) is 0 Å². The van der Waals surface area contributed by atoms with Gasteiger partial charge in [0.1, 0.15) is 0 Å². The van der Waals surface area contributed by atoms with Crippen LogP contribution < -0.4 is 0 Å². The molecule has 6 heteroatoms. The molecular weight excluding hydrogens is 587 g/mol. The van der Waals surface area contributed by atoms with Gasteiger partial charge in [-0.05, 0) is 65.9 Å². The molecule has 0 amide bonds. The fourth-order valence-electron chi connectivity index (χ4n) is 6.39. The summed E-state index contributed by atoms with van der Waals surface area (Å²) in [6.07, 6.45) is 1.29. The van der Waals surface area contributed by atoms with E-state index < -0.39 is 22.1 Å². The van der Waals surface area contributed by atoms with Crippen molar-refractivity contribution in [2.75, 3.05) is 6.61 Å². The molecule has 0 saturated carbocycles. The molecule has 0 spiro atoms. The second-order valence-corrected chi connectivity index (χ2v) is 14.5. The summed E-state index contributed by atoms with van der Waals surface area (Å²) in [5.41, 5.74) is 3.06. The van der Waals surface area contributed by atoms with Crippen LogP contribution in [0.1, 0.15) is 29.5 Å². The fraction of sp³-hybridized carbons (Fsp3) is 0.100. The van der Waals surface area contributed by atoms with Crippen molar-refractivity contribution in [2.45, 2.75) is 32.9 Å². The lowest BCUT2D eigenvalue weighted by molar-refractivity contribution is 0.188. The van der Waals surface area contributed by atoms with Crippen LogP contribution in [-0.2, 0) is 23.5 Å². The summed E-state index contributed by atoms with van der Waals surface area (Å²) >= 11 is 0. The molecule has 0 unspecified atom stereocenters. The van der Waals surface area contributed by atoms with E-state index >= 15 is 4.21 Å². The molecule has 1 N–H and O–H groups in total. The highest BCUT2D eigenvalue weighted by Crippen LogP contribution is 2.51. The number of rotatable bonds is 13. The SMILES string of the molecule is O=S(OB(O)OCCCC(c1ccccc1)(c1ccccc1)c1ccccc1)(c1ccccc1)(c1ccccc1)c1ccccc1. The Labute approximate surface area is 272 Å². The van der Waals surface area contributed by atoms with Crippen LogP contribution in [0.4, 0.5) is 0 Å². The molecule has 6 aromatic rings. The molecule has 0 aliphatic carbocycles. The van der Waals surface area contributed by atoms with Gasteiger partial charge in [-0.15, -0.1) is 9.35 Å². The Morgan fingerprint density at radius 1 is 0.500 bits per heavy atom. The summed E-state index contributed by atoms with van der Waals surface area (Å²) < 4.78 is 28.2. The normalized spacial score (nSPS) is 12.6. The van der Waals surface area contributed by atoms with Gasteiger partial charge in [-0.1, -0.05) is 146 Å². The van der Waals surface area contributed by atoms with Crippen molar-refractivity contribution in [3.63, 3.8) is 0 Å². The van der Waals surface area contributed by atoms with E-state index in [1.807, 2.05) is 72.8 Å². The average Bonchev–Trinajstić information content (AvgIpc) is 3.14. The lowest BCUT2D eigenvalue weighted by Gasteiger charge is -2.49. The lowest BCUT2D eigenvalue weighted by Crippen LogP contribution is -2.43. The second-order valence-electron chi connectivity index (χ2n) is 11.2. The molecule has 0 heterocycles. The number of hydrogen-bond acceptors (Lipinski definition) is 4. The summed E-state index contributed by atoms with van der Waals surface area (Å²) in [5, 5.41) is 11.4. The molecule has 0 aromatic heterocycles. The van der Waals surface area contributed by atoms with Crippen LogP contribution in [0.5, 0.6) is 0 Å². The van der Waals surface area contributed by atoms with Crippen LogP contribution in [-0.4, -0.2) is 23.2 Å². The van der Waals surface area contributed by atoms with Gasteiger partial charge in [0.15, 0.2) is 0 Å². The van der Waals surface area contributed by atoms with Crippen LogP contribution in [0.15, 0.2) is 197 Å². The van der Waals surface area contributed by atoms with Gasteiger partial charge in [-0.3, -0.25) is 4.10 Å². The Morgan fingerprint density at radius 2 is 0.804 bits per heavy atom. The molecule has 6 aromatic carbocycles. The van der Waals surface area contributed by atoms with Gasteiger partial charge in [-0.25, -0.2) is 0 Å². The quantitative estimate of drug-likeness (QED) is 0.0794. The zero-order chi connectivity index (χ0) is 31.7. The van der Waals surface area contributed by atoms with E-state index in [0.717, 1.165) is 0 Å². The van der Waals surface area contributed by atoms with Crippen LogP contribution in [0, 0.1) is 0 Å². The minimum Gasteiger partial charge on any atom is -0.401 e. The molecular formula is C40H37BO4S. The molecule has 0 aliphatic heterocycles. The second kappa shape index (κ2) is 13.8. The van der Waals surface area contributed by atoms with Crippen molar-refractivity contribution >= 4 is 16.7 Å². The van der Waals surface area contributed by atoms with Crippen LogP contribution >= 0.6 is 0 Å². The predicted molar refractivity (Wildman–Crippen MR) is 186 cm³/mol. The van der Waals surface area contributed by atoms with Crippen molar-refractivity contribution in [3.8, 4) is 0 Å². The van der Waals surface area contributed by atoms with Crippen molar-refractivity contribution in [2.24, 2.45) is 0 Å². The summed E-state index contributed by atoms with van der Waals surface area (Å²) in [4.78, 5) is 1.32. The Balaban J connectivity index is 1.32. The third-order valence-corrected chi connectivity index (χ3v) is 12.5. The summed E-state index contributed by atoms with van der Waals surface area (Å²) in [7, 11) is -6.30. The predicted octanol–water partition coefficient (Wildman–Crippen LogP) is 8.72. The largest absolute Gasteiger partial charge is 0.657 e. The van der Waals surface area contributed by atoms with Crippen molar-refractivity contribution in [1.82, 2.24) is 0 Å². The Morgan fingerprint density at radius 3 is 1.13 bits per heavy atom. The maximum atomic E-state index is 15.9. The molecule has 230 valence electrons. The van der Waals surface area contributed by atoms with Crippen LogP contribution in [0.3, 0.4) is 0 Å². The molecule has 0 radical (unpaired) electrons. The molecule has 0 fully saturated rings. The van der Waals surface area contributed by atoms with Gasteiger partial charge in [0.2, 0.25) is 0 Å². The summed E-state index contributed by atoms with van der Waals surface area (Å²) in [5.74, 6) is 0. The zero-order valence-corrected chi connectivity index (χ0v) is 26.4. The van der Waals surface area contributed by atoms with E-state index in [2.05, 4.69) is 72.8 Å². The number of benzene rings is 6. The smallest absolute Gasteiger partial charge is 0.401 e. The lowest BCUT2D eigenvalue weighted by atomic mass is 9.67. The van der Waals surface area contributed by atoms with Gasteiger partial charge in [-0.2, -0.15) is 4.21 Å². The number of hydrogen-bond donors (Lipinski definition) is 1. The first-order valence-corrected chi connectivity index (χ1v) is 17.4. The first-order chi connectivity index (χ1) is 22.6. The minimum absolute atomic E-state index is 0.177.